The minimum Gasteiger partial charge on any atom is -0.378 e. The fourth-order valence-corrected chi connectivity index (χ4v) is 3.86. The second kappa shape index (κ2) is 7.07. The number of aryl methyl sites for hydroxylation is 1. The summed E-state index contributed by atoms with van der Waals surface area (Å²) in [6, 6.07) is 5.61. The summed E-state index contributed by atoms with van der Waals surface area (Å²) in [5.74, 6) is 0.0346. The molecule has 2 aromatic rings. The van der Waals surface area contributed by atoms with Gasteiger partial charge in [0.2, 0.25) is 5.91 Å². The maximum atomic E-state index is 12.9. The third kappa shape index (κ3) is 3.19. The summed E-state index contributed by atoms with van der Waals surface area (Å²) in [5.41, 5.74) is 2.45. The molecule has 2 saturated heterocycles. The SMILES string of the molecule is Cn1cnc2cc(C(=O)N3CCC[C@@H](C(=O)N4CCOCC4)C3)ccc21. The Morgan fingerprint density at radius 3 is 2.77 bits per heavy atom. The number of imidazole rings is 1. The van der Waals surface area contributed by atoms with Crippen molar-refractivity contribution in [2.75, 3.05) is 39.4 Å². The number of ether oxygens (including phenoxy) is 1. The molecule has 2 amide bonds. The molecule has 0 N–H and O–H groups in total. The van der Waals surface area contributed by atoms with E-state index in [-0.39, 0.29) is 17.7 Å². The van der Waals surface area contributed by atoms with E-state index >= 15 is 0 Å². The molecule has 1 atom stereocenters. The van der Waals surface area contributed by atoms with Crippen LogP contribution in [-0.2, 0) is 16.6 Å². The van der Waals surface area contributed by atoms with Gasteiger partial charge in [0, 0.05) is 38.8 Å². The predicted octanol–water partition coefficient (Wildman–Crippen LogP) is 1.28. The van der Waals surface area contributed by atoms with E-state index in [1.54, 1.807) is 6.33 Å². The molecule has 4 rings (SSSR count). The minimum absolute atomic E-state index is 0.0166. The third-order valence-corrected chi connectivity index (χ3v) is 5.35. The number of amides is 2. The Morgan fingerprint density at radius 2 is 1.96 bits per heavy atom. The molecule has 7 nitrogen and oxygen atoms in total. The highest BCUT2D eigenvalue weighted by molar-refractivity contribution is 5.97. The van der Waals surface area contributed by atoms with Crippen molar-refractivity contribution >= 4 is 22.8 Å². The van der Waals surface area contributed by atoms with Crippen LogP contribution in [0.3, 0.4) is 0 Å². The van der Waals surface area contributed by atoms with Crippen molar-refractivity contribution < 1.29 is 14.3 Å². The molecule has 1 aromatic carbocycles. The van der Waals surface area contributed by atoms with Gasteiger partial charge in [-0.3, -0.25) is 9.59 Å². The zero-order valence-electron chi connectivity index (χ0n) is 15.1. The van der Waals surface area contributed by atoms with Gasteiger partial charge < -0.3 is 19.1 Å². The first-order valence-corrected chi connectivity index (χ1v) is 9.20. The Kier molecular flexibility index (Phi) is 4.63. The summed E-state index contributed by atoms with van der Waals surface area (Å²) in [6.45, 7) is 3.71. The van der Waals surface area contributed by atoms with Gasteiger partial charge in [0.05, 0.1) is 36.5 Å². The molecule has 138 valence electrons. The number of aromatic nitrogens is 2. The molecule has 7 heteroatoms. The van der Waals surface area contributed by atoms with Crippen molar-refractivity contribution in [2.45, 2.75) is 12.8 Å². The molecule has 3 heterocycles. The van der Waals surface area contributed by atoms with E-state index < -0.39 is 0 Å². The number of nitrogens with zero attached hydrogens (tertiary/aromatic N) is 4. The van der Waals surface area contributed by atoms with Crippen LogP contribution in [-0.4, -0.2) is 70.6 Å². The van der Waals surface area contributed by atoms with Crippen LogP contribution in [0, 0.1) is 5.92 Å². The Morgan fingerprint density at radius 1 is 1.15 bits per heavy atom. The average Bonchev–Trinajstić information content (AvgIpc) is 3.08. The Labute approximate surface area is 152 Å². The number of piperidine rings is 1. The molecular formula is C19H24N4O3. The number of carbonyl (C=O) groups excluding carboxylic acids is 2. The van der Waals surface area contributed by atoms with Crippen LogP contribution in [0.1, 0.15) is 23.2 Å². The summed E-state index contributed by atoms with van der Waals surface area (Å²) in [4.78, 5) is 33.7. The van der Waals surface area contributed by atoms with Crippen LogP contribution in [0.15, 0.2) is 24.5 Å². The van der Waals surface area contributed by atoms with Crippen LogP contribution in [0.5, 0.6) is 0 Å². The van der Waals surface area contributed by atoms with Gasteiger partial charge in [-0.15, -0.1) is 0 Å². The lowest BCUT2D eigenvalue weighted by atomic mass is 9.95. The van der Waals surface area contributed by atoms with E-state index in [0.29, 0.717) is 45.0 Å². The first-order valence-electron chi connectivity index (χ1n) is 9.20. The number of fused-ring (bicyclic) bond motifs is 1. The van der Waals surface area contributed by atoms with E-state index in [2.05, 4.69) is 4.98 Å². The average molecular weight is 356 g/mol. The van der Waals surface area contributed by atoms with Crippen molar-refractivity contribution in [3.05, 3.63) is 30.1 Å². The van der Waals surface area contributed by atoms with Gasteiger partial charge in [0.15, 0.2) is 0 Å². The quantitative estimate of drug-likeness (QED) is 0.813. The lowest BCUT2D eigenvalue weighted by Crippen LogP contribution is -2.49. The lowest BCUT2D eigenvalue weighted by Gasteiger charge is -2.36. The zero-order chi connectivity index (χ0) is 18.1. The van der Waals surface area contributed by atoms with Crippen molar-refractivity contribution in [2.24, 2.45) is 13.0 Å². The maximum Gasteiger partial charge on any atom is 0.253 e. The molecule has 2 fully saturated rings. The topological polar surface area (TPSA) is 67.7 Å². The van der Waals surface area contributed by atoms with Gasteiger partial charge in [0.25, 0.3) is 5.91 Å². The van der Waals surface area contributed by atoms with Crippen LogP contribution in [0.25, 0.3) is 11.0 Å². The molecular weight excluding hydrogens is 332 g/mol. The summed E-state index contributed by atoms with van der Waals surface area (Å²) < 4.78 is 7.26. The van der Waals surface area contributed by atoms with E-state index in [1.165, 1.54) is 0 Å². The smallest absolute Gasteiger partial charge is 0.253 e. The van der Waals surface area contributed by atoms with E-state index in [1.807, 2.05) is 39.6 Å². The van der Waals surface area contributed by atoms with Crippen molar-refractivity contribution in [1.29, 1.82) is 0 Å². The number of carbonyl (C=O) groups is 2. The van der Waals surface area contributed by atoms with Gasteiger partial charge in [-0.25, -0.2) is 4.98 Å². The third-order valence-electron chi connectivity index (χ3n) is 5.35. The van der Waals surface area contributed by atoms with Gasteiger partial charge in [0.1, 0.15) is 0 Å². The summed E-state index contributed by atoms with van der Waals surface area (Å²) in [5, 5.41) is 0. The molecule has 1 aromatic heterocycles. The van der Waals surface area contributed by atoms with Gasteiger partial charge in [-0.1, -0.05) is 0 Å². The van der Waals surface area contributed by atoms with Crippen molar-refractivity contribution in [3.63, 3.8) is 0 Å². The van der Waals surface area contributed by atoms with Crippen LogP contribution in [0.2, 0.25) is 0 Å². The van der Waals surface area contributed by atoms with Gasteiger partial charge >= 0.3 is 0 Å². The van der Waals surface area contributed by atoms with Gasteiger partial charge in [-0.05, 0) is 31.0 Å². The molecule has 0 unspecified atom stereocenters. The minimum atomic E-state index is -0.107. The summed E-state index contributed by atoms with van der Waals surface area (Å²) in [6.07, 6.45) is 3.45. The number of benzene rings is 1. The summed E-state index contributed by atoms with van der Waals surface area (Å²) >= 11 is 0. The first-order chi connectivity index (χ1) is 12.6. The maximum absolute atomic E-state index is 12.9. The zero-order valence-corrected chi connectivity index (χ0v) is 15.1. The Hall–Kier alpha value is -2.41. The van der Waals surface area contributed by atoms with Crippen molar-refractivity contribution in [1.82, 2.24) is 19.4 Å². The number of rotatable bonds is 2. The molecule has 26 heavy (non-hydrogen) atoms. The fraction of sp³-hybridized carbons (Fsp3) is 0.526. The fourth-order valence-electron chi connectivity index (χ4n) is 3.86. The predicted molar refractivity (Wildman–Crippen MR) is 96.7 cm³/mol. The number of morpholine rings is 1. The highest BCUT2D eigenvalue weighted by atomic mass is 16.5. The molecule has 0 bridgehead atoms. The number of hydrogen-bond acceptors (Lipinski definition) is 4. The van der Waals surface area contributed by atoms with E-state index in [9.17, 15) is 9.59 Å². The highest BCUT2D eigenvalue weighted by Crippen LogP contribution is 2.22. The first kappa shape index (κ1) is 17.0. The molecule has 0 spiro atoms. The number of likely N-dealkylation sites (tertiary alicyclic amines) is 1. The van der Waals surface area contributed by atoms with Crippen molar-refractivity contribution in [3.8, 4) is 0 Å². The van der Waals surface area contributed by atoms with E-state index in [4.69, 9.17) is 4.74 Å². The second-order valence-corrected chi connectivity index (χ2v) is 7.09. The largest absolute Gasteiger partial charge is 0.378 e. The summed E-state index contributed by atoms with van der Waals surface area (Å²) in [7, 11) is 1.93. The molecule has 0 saturated carbocycles. The highest BCUT2D eigenvalue weighted by Gasteiger charge is 2.32. The number of hydrogen-bond donors (Lipinski definition) is 0. The van der Waals surface area contributed by atoms with Gasteiger partial charge in [-0.2, -0.15) is 0 Å². The Balaban J connectivity index is 1.47. The second-order valence-electron chi connectivity index (χ2n) is 7.09. The normalized spacial score (nSPS) is 21.2. The van der Waals surface area contributed by atoms with E-state index in [0.717, 1.165) is 23.9 Å². The van der Waals surface area contributed by atoms with Crippen LogP contribution < -0.4 is 0 Å². The monoisotopic (exact) mass is 356 g/mol. The molecule has 2 aliphatic heterocycles. The lowest BCUT2D eigenvalue weighted by molar-refractivity contribution is -0.141. The molecule has 2 aliphatic rings. The van der Waals surface area contributed by atoms with Crippen LogP contribution in [0.4, 0.5) is 0 Å². The standard InChI is InChI=1S/C19H24N4O3/c1-21-13-20-16-11-14(4-5-17(16)21)18(24)23-6-2-3-15(12-23)19(25)22-7-9-26-10-8-22/h4-5,11,13,15H,2-3,6-10,12H2,1H3/t15-/m1/s1. The van der Waals surface area contributed by atoms with Crippen LogP contribution >= 0.6 is 0 Å². The molecule has 0 aliphatic carbocycles. The molecule has 0 radical (unpaired) electrons. The Bertz CT molecular complexity index is 825.